The molecule has 8 heteroatoms. The van der Waals surface area contributed by atoms with E-state index in [0.717, 1.165) is 25.5 Å². The van der Waals surface area contributed by atoms with Crippen LogP contribution in [0.1, 0.15) is 34.1 Å². The molecule has 1 aliphatic heterocycles. The summed E-state index contributed by atoms with van der Waals surface area (Å²) in [7, 11) is 0. The number of carbonyl (C=O) groups is 1. The first-order valence-corrected chi connectivity index (χ1v) is 7.49. The van der Waals surface area contributed by atoms with Gasteiger partial charge in [-0.15, -0.1) is 24.0 Å². The van der Waals surface area contributed by atoms with Crippen molar-refractivity contribution in [1.82, 2.24) is 15.5 Å². The molecule has 7 nitrogen and oxygen atoms in total. The van der Waals surface area contributed by atoms with Crippen LogP contribution in [0.2, 0.25) is 0 Å². The quantitative estimate of drug-likeness (QED) is 0.356. The Morgan fingerprint density at radius 2 is 2.14 bits per heavy atom. The minimum Gasteiger partial charge on any atom is -0.444 e. The molecule has 0 spiro atoms. The molecule has 0 bridgehead atoms. The van der Waals surface area contributed by atoms with Crippen LogP contribution in [0, 0.1) is 0 Å². The highest BCUT2D eigenvalue weighted by Crippen LogP contribution is 2.12. The van der Waals surface area contributed by atoms with Gasteiger partial charge in [-0.05, 0) is 34.1 Å². The monoisotopic (exact) mass is 428 g/mol. The summed E-state index contributed by atoms with van der Waals surface area (Å²) in [4.78, 5) is 18.2. The van der Waals surface area contributed by atoms with E-state index in [2.05, 4.69) is 20.5 Å². The van der Waals surface area contributed by atoms with E-state index in [4.69, 9.17) is 9.84 Å². The van der Waals surface area contributed by atoms with Gasteiger partial charge in [-0.1, -0.05) is 0 Å². The number of rotatable bonds is 4. The fourth-order valence-corrected chi connectivity index (χ4v) is 2.13. The maximum absolute atomic E-state index is 11.8. The molecule has 1 fully saturated rings. The molecule has 0 aliphatic carbocycles. The van der Waals surface area contributed by atoms with Crippen molar-refractivity contribution in [3.05, 3.63) is 0 Å². The van der Waals surface area contributed by atoms with Crippen LogP contribution in [0.5, 0.6) is 0 Å². The second-order valence-corrected chi connectivity index (χ2v) is 6.04. The minimum atomic E-state index is -0.486. The summed E-state index contributed by atoms with van der Waals surface area (Å²) >= 11 is 0. The lowest BCUT2D eigenvalue weighted by atomic mass is 10.2. The Labute approximate surface area is 149 Å². The zero-order valence-corrected chi connectivity index (χ0v) is 16.2. The van der Waals surface area contributed by atoms with Gasteiger partial charge in [0.1, 0.15) is 5.60 Å². The number of nitrogens with zero attached hydrogens (tertiary/aromatic N) is 2. The van der Waals surface area contributed by atoms with Gasteiger partial charge in [0.2, 0.25) is 0 Å². The molecule has 1 saturated heterocycles. The van der Waals surface area contributed by atoms with E-state index in [1.165, 1.54) is 0 Å². The largest absolute Gasteiger partial charge is 0.444 e. The van der Waals surface area contributed by atoms with Crippen LogP contribution in [0.15, 0.2) is 4.99 Å². The Hall–Kier alpha value is -0.770. The number of alkyl carbamates (subject to hydrolysis) is 1. The molecule has 0 saturated carbocycles. The van der Waals surface area contributed by atoms with Crippen LogP contribution < -0.4 is 10.6 Å². The Balaban J connectivity index is 0.00000441. The number of aliphatic hydroxyl groups excluding tert-OH is 1. The van der Waals surface area contributed by atoms with Crippen molar-refractivity contribution in [1.29, 1.82) is 0 Å². The first-order valence-electron chi connectivity index (χ1n) is 7.49. The number of hydrogen-bond donors (Lipinski definition) is 3. The van der Waals surface area contributed by atoms with E-state index >= 15 is 0 Å². The van der Waals surface area contributed by atoms with Crippen LogP contribution in [0.3, 0.4) is 0 Å². The van der Waals surface area contributed by atoms with Gasteiger partial charge in [0.05, 0.1) is 19.2 Å². The number of halogens is 1. The molecule has 0 aromatic carbocycles. The first kappa shape index (κ1) is 21.2. The van der Waals surface area contributed by atoms with Gasteiger partial charge in [-0.2, -0.15) is 0 Å². The molecule has 22 heavy (non-hydrogen) atoms. The zero-order valence-electron chi connectivity index (χ0n) is 13.9. The highest BCUT2D eigenvalue weighted by Gasteiger charge is 2.27. The number of nitrogens with one attached hydrogen (secondary N) is 2. The van der Waals surface area contributed by atoms with Crippen molar-refractivity contribution >= 4 is 36.0 Å². The van der Waals surface area contributed by atoms with Gasteiger partial charge in [0, 0.05) is 19.6 Å². The van der Waals surface area contributed by atoms with Crippen LogP contribution in [-0.2, 0) is 4.74 Å². The number of hydrogen-bond acceptors (Lipinski definition) is 4. The predicted molar refractivity (Wildman–Crippen MR) is 97.8 cm³/mol. The molecule has 130 valence electrons. The third-order valence-corrected chi connectivity index (χ3v) is 2.91. The number of amides is 1. The third-order valence-electron chi connectivity index (χ3n) is 2.91. The smallest absolute Gasteiger partial charge is 0.407 e. The molecular formula is C14H29IN4O3. The van der Waals surface area contributed by atoms with Gasteiger partial charge >= 0.3 is 6.09 Å². The zero-order chi connectivity index (χ0) is 15.9. The molecule has 1 unspecified atom stereocenters. The van der Waals surface area contributed by atoms with E-state index in [-0.39, 0.29) is 42.7 Å². The van der Waals surface area contributed by atoms with Gasteiger partial charge in [0.15, 0.2) is 5.96 Å². The topological polar surface area (TPSA) is 86.2 Å². The molecule has 1 amide bonds. The third kappa shape index (κ3) is 8.02. The number of likely N-dealkylation sites (tertiary alicyclic amines) is 1. The van der Waals surface area contributed by atoms with Crippen LogP contribution in [0.25, 0.3) is 0 Å². The van der Waals surface area contributed by atoms with E-state index in [9.17, 15) is 4.79 Å². The summed E-state index contributed by atoms with van der Waals surface area (Å²) in [6, 6.07) is 0.0535. The fourth-order valence-electron chi connectivity index (χ4n) is 2.13. The summed E-state index contributed by atoms with van der Waals surface area (Å²) in [5.41, 5.74) is -0.486. The molecule has 0 aromatic heterocycles. The molecule has 3 N–H and O–H groups in total. The van der Waals surface area contributed by atoms with E-state index in [1.54, 1.807) is 0 Å². The summed E-state index contributed by atoms with van der Waals surface area (Å²) < 4.78 is 5.26. The maximum Gasteiger partial charge on any atom is 0.407 e. The standard InChI is InChI=1S/C14H28N4O3.HI/c1-5-15-12(16-7-9-19)18-8-6-11(10-18)17-13(20)21-14(2,3)4;/h11,19H,5-10H2,1-4H3,(H,15,16)(H,17,20);1H. The van der Waals surface area contributed by atoms with Crippen LogP contribution >= 0.6 is 24.0 Å². The second kappa shape index (κ2) is 10.1. The number of guanidine groups is 1. The van der Waals surface area contributed by atoms with Gasteiger partial charge in [-0.25, -0.2) is 4.79 Å². The Kier molecular flexibility index (Phi) is 9.74. The highest BCUT2D eigenvalue weighted by molar-refractivity contribution is 14.0. The van der Waals surface area contributed by atoms with Crippen molar-refractivity contribution in [2.24, 2.45) is 4.99 Å². The molecule has 0 radical (unpaired) electrons. The number of aliphatic imine (C=N–C) groups is 1. The summed E-state index contributed by atoms with van der Waals surface area (Å²) in [5, 5.41) is 15.0. The Bertz CT molecular complexity index is 372. The Morgan fingerprint density at radius 1 is 1.45 bits per heavy atom. The van der Waals surface area contributed by atoms with E-state index in [0.29, 0.717) is 13.1 Å². The molecule has 1 rings (SSSR count). The average Bonchev–Trinajstić information content (AvgIpc) is 2.80. The van der Waals surface area contributed by atoms with Crippen molar-refractivity contribution in [3.8, 4) is 0 Å². The molecule has 1 atom stereocenters. The van der Waals surface area contributed by atoms with Gasteiger partial charge in [0.25, 0.3) is 0 Å². The van der Waals surface area contributed by atoms with Crippen LogP contribution in [0.4, 0.5) is 4.79 Å². The van der Waals surface area contributed by atoms with Crippen molar-refractivity contribution < 1.29 is 14.6 Å². The van der Waals surface area contributed by atoms with Crippen molar-refractivity contribution in [2.45, 2.75) is 45.8 Å². The number of aliphatic hydroxyl groups is 1. The molecule has 1 aliphatic rings. The molecule has 1 heterocycles. The highest BCUT2D eigenvalue weighted by atomic mass is 127. The maximum atomic E-state index is 11.8. The summed E-state index contributed by atoms with van der Waals surface area (Å²) in [5.74, 6) is 0.778. The average molecular weight is 428 g/mol. The van der Waals surface area contributed by atoms with E-state index in [1.807, 2.05) is 27.7 Å². The SMILES string of the molecule is CCNC(=NCCO)N1CCC(NC(=O)OC(C)(C)C)C1.I. The van der Waals surface area contributed by atoms with E-state index < -0.39 is 5.60 Å². The normalized spacial score (nSPS) is 18.7. The van der Waals surface area contributed by atoms with Gasteiger partial charge < -0.3 is 25.4 Å². The molecular weight excluding hydrogens is 399 g/mol. The molecule has 0 aromatic rings. The minimum absolute atomic E-state index is 0. The summed E-state index contributed by atoms with van der Waals surface area (Å²) in [6.07, 6.45) is 0.467. The Morgan fingerprint density at radius 3 is 2.68 bits per heavy atom. The number of ether oxygens (including phenoxy) is 1. The van der Waals surface area contributed by atoms with Gasteiger partial charge in [-0.3, -0.25) is 4.99 Å². The van der Waals surface area contributed by atoms with Crippen molar-refractivity contribution in [3.63, 3.8) is 0 Å². The predicted octanol–water partition coefficient (Wildman–Crippen LogP) is 1.16. The fraction of sp³-hybridized carbons (Fsp3) is 0.857. The number of carbonyl (C=O) groups excluding carboxylic acids is 1. The first-order chi connectivity index (χ1) is 9.85. The summed E-state index contributed by atoms with van der Waals surface area (Å²) in [6.45, 7) is 10.2. The lowest BCUT2D eigenvalue weighted by Crippen LogP contribution is -2.44. The second-order valence-electron chi connectivity index (χ2n) is 6.04. The lowest BCUT2D eigenvalue weighted by Gasteiger charge is -2.23. The van der Waals surface area contributed by atoms with Crippen LogP contribution in [-0.4, -0.2) is 66.5 Å². The van der Waals surface area contributed by atoms with Crippen molar-refractivity contribution in [2.75, 3.05) is 32.8 Å². The lowest BCUT2D eigenvalue weighted by molar-refractivity contribution is 0.0507.